The quantitative estimate of drug-likeness (QED) is 0.492. The van der Waals surface area contributed by atoms with Gasteiger partial charge in [0.05, 0.1) is 4.90 Å². The van der Waals surface area contributed by atoms with Crippen LogP contribution in [0.1, 0.15) is 19.4 Å². The molecule has 1 unspecified atom stereocenters. The van der Waals surface area contributed by atoms with Crippen molar-refractivity contribution < 1.29 is 27.9 Å². The molecule has 1 amide bonds. The van der Waals surface area contributed by atoms with Crippen molar-refractivity contribution in [3.63, 3.8) is 0 Å². The monoisotopic (exact) mass is 396 g/mol. The SMILES string of the molecule is CC(C)C(C(=O)NO)N(Cc1ccccc1)S(=O)(=O)c1ccc(O)c(F)c1. The summed E-state index contributed by atoms with van der Waals surface area (Å²) in [5, 5.41) is 18.4. The molecule has 9 heteroatoms. The fourth-order valence-corrected chi connectivity index (χ4v) is 4.43. The molecule has 0 aromatic heterocycles. The van der Waals surface area contributed by atoms with Crippen molar-refractivity contribution in [2.24, 2.45) is 5.92 Å². The van der Waals surface area contributed by atoms with Crippen molar-refractivity contribution in [1.82, 2.24) is 9.79 Å². The van der Waals surface area contributed by atoms with Crippen LogP contribution in [0.15, 0.2) is 53.4 Å². The van der Waals surface area contributed by atoms with Crippen LogP contribution >= 0.6 is 0 Å². The number of nitrogens with one attached hydrogen (secondary N) is 1. The molecule has 0 spiro atoms. The number of rotatable bonds is 7. The molecule has 3 N–H and O–H groups in total. The third-order valence-electron chi connectivity index (χ3n) is 4.03. The zero-order chi connectivity index (χ0) is 20.2. The van der Waals surface area contributed by atoms with Gasteiger partial charge in [0.25, 0.3) is 5.91 Å². The van der Waals surface area contributed by atoms with E-state index in [-0.39, 0.29) is 6.54 Å². The molecule has 2 aromatic rings. The Morgan fingerprint density at radius 1 is 1.19 bits per heavy atom. The van der Waals surface area contributed by atoms with Crippen molar-refractivity contribution in [2.75, 3.05) is 0 Å². The molecule has 0 saturated carbocycles. The minimum Gasteiger partial charge on any atom is -0.505 e. The second-order valence-electron chi connectivity index (χ2n) is 6.31. The molecule has 0 saturated heterocycles. The number of amides is 1. The third-order valence-corrected chi connectivity index (χ3v) is 5.85. The van der Waals surface area contributed by atoms with Gasteiger partial charge < -0.3 is 5.11 Å². The van der Waals surface area contributed by atoms with E-state index in [0.29, 0.717) is 11.6 Å². The minimum atomic E-state index is -4.33. The van der Waals surface area contributed by atoms with E-state index < -0.39 is 44.4 Å². The van der Waals surface area contributed by atoms with Crippen molar-refractivity contribution in [3.05, 3.63) is 59.9 Å². The van der Waals surface area contributed by atoms with Gasteiger partial charge in [-0.1, -0.05) is 44.2 Å². The average Bonchev–Trinajstić information content (AvgIpc) is 2.63. The number of phenols is 1. The first-order valence-corrected chi connectivity index (χ1v) is 9.60. The van der Waals surface area contributed by atoms with Crippen LogP contribution in [0.25, 0.3) is 0 Å². The summed E-state index contributed by atoms with van der Waals surface area (Å²) in [5.74, 6) is -3.16. The summed E-state index contributed by atoms with van der Waals surface area (Å²) in [7, 11) is -4.33. The van der Waals surface area contributed by atoms with Crippen molar-refractivity contribution in [2.45, 2.75) is 31.3 Å². The molecule has 146 valence electrons. The van der Waals surface area contributed by atoms with Crippen LogP contribution in [0.3, 0.4) is 0 Å². The van der Waals surface area contributed by atoms with E-state index in [4.69, 9.17) is 5.21 Å². The van der Waals surface area contributed by atoms with Gasteiger partial charge >= 0.3 is 0 Å². The molecule has 0 heterocycles. The van der Waals surface area contributed by atoms with Gasteiger partial charge in [-0.25, -0.2) is 18.3 Å². The number of nitrogens with zero attached hydrogens (tertiary/aromatic N) is 1. The molecular formula is C18H21FN2O5S. The molecule has 2 aromatic carbocycles. The molecule has 0 fully saturated rings. The first kappa shape index (κ1) is 20.8. The summed E-state index contributed by atoms with van der Waals surface area (Å²) in [6.45, 7) is 3.09. The fourth-order valence-electron chi connectivity index (χ4n) is 2.71. The molecule has 0 aliphatic rings. The Bertz CT molecular complexity index is 903. The molecule has 1 atom stereocenters. The van der Waals surface area contributed by atoms with Crippen LogP contribution in [-0.4, -0.2) is 35.0 Å². The number of benzene rings is 2. The molecule has 0 bridgehead atoms. The van der Waals surface area contributed by atoms with Crippen LogP contribution in [0, 0.1) is 11.7 Å². The van der Waals surface area contributed by atoms with E-state index in [2.05, 4.69) is 0 Å². The van der Waals surface area contributed by atoms with E-state index in [9.17, 15) is 22.7 Å². The lowest BCUT2D eigenvalue weighted by atomic mass is 10.0. The molecule has 7 nitrogen and oxygen atoms in total. The summed E-state index contributed by atoms with van der Waals surface area (Å²) in [6.07, 6.45) is 0. The van der Waals surface area contributed by atoms with E-state index in [0.717, 1.165) is 16.4 Å². The number of sulfonamides is 1. The summed E-state index contributed by atoms with van der Waals surface area (Å²) >= 11 is 0. The predicted octanol–water partition coefficient (Wildman–Crippen LogP) is 2.25. The van der Waals surface area contributed by atoms with E-state index in [1.165, 1.54) is 5.48 Å². The highest BCUT2D eigenvalue weighted by Gasteiger charge is 2.38. The van der Waals surface area contributed by atoms with Crippen molar-refractivity contribution in [3.8, 4) is 5.75 Å². The Morgan fingerprint density at radius 3 is 2.33 bits per heavy atom. The number of carbonyl (C=O) groups excluding carboxylic acids is 1. The van der Waals surface area contributed by atoms with E-state index >= 15 is 0 Å². The van der Waals surface area contributed by atoms with Gasteiger partial charge in [0.1, 0.15) is 6.04 Å². The Labute approximate surface area is 157 Å². The van der Waals surface area contributed by atoms with Gasteiger partial charge in [-0.05, 0) is 29.7 Å². The Morgan fingerprint density at radius 2 is 1.81 bits per heavy atom. The molecule has 0 radical (unpaired) electrons. The Hall–Kier alpha value is -2.49. The second-order valence-corrected chi connectivity index (χ2v) is 8.20. The Kier molecular flexibility index (Phi) is 6.53. The maximum absolute atomic E-state index is 13.7. The summed E-state index contributed by atoms with van der Waals surface area (Å²) in [6, 6.07) is 10.0. The predicted molar refractivity (Wildman–Crippen MR) is 95.8 cm³/mol. The molecule has 27 heavy (non-hydrogen) atoms. The number of halogens is 1. The minimum absolute atomic E-state index is 0.165. The molecule has 0 aliphatic carbocycles. The Balaban J connectivity index is 2.58. The largest absolute Gasteiger partial charge is 0.505 e. The smallest absolute Gasteiger partial charge is 0.262 e. The number of hydroxylamine groups is 1. The first-order valence-electron chi connectivity index (χ1n) is 8.16. The first-order chi connectivity index (χ1) is 12.7. The average molecular weight is 396 g/mol. The summed E-state index contributed by atoms with van der Waals surface area (Å²) in [5.41, 5.74) is 2.11. The maximum Gasteiger partial charge on any atom is 0.262 e. The summed E-state index contributed by atoms with van der Waals surface area (Å²) < 4.78 is 41.0. The highest BCUT2D eigenvalue weighted by molar-refractivity contribution is 7.89. The van der Waals surface area contributed by atoms with Gasteiger partial charge in [0, 0.05) is 6.54 Å². The molecule has 2 rings (SSSR count). The second kappa shape index (κ2) is 8.47. The number of hydrogen-bond acceptors (Lipinski definition) is 5. The summed E-state index contributed by atoms with van der Waals surface area (Å²) in [4.78, 5) is 11.8. The number of aromatic hydroxyl groups is 1. The van der Waals surface area contributed by atoms with E-state index in [1.807, 2.05) is 0 Å². The van der Waals surface area contributed by atoms with Gasteiger partial charge in [-0.3, -0.25) is 10.0 Å². The van der Waals surface area contributed by atoms with E-state index in [1.54, 1.807) is 44.2 Å². The third kappa shape index (κ3) is 4.62. The number of carbonyl (C=O) groups is 1. The lowest BCUT2D eigenvalue weighted by Crippen LogP contribution is -2.51. The highest BCUT2D eigenvalue weighted by atomic mass is 32.2. The zero-order valence-electron chi connectivity index (χ0n) is 14.8. The van der Waals surface area contributed by atoms with Gasteiger partial charge in [-0.2, -0.15) is 4.31 Å². The number of phenolic OH excluding ortho intramolecular Hbond substituents is 1. The zero-order valence-corrected chi connectivity index (χ0v) is 15.6. The van der Waals surface area contributed by atoms with Crippen LogP contribution in [0.4, 0.5) is 4.39 Å². The van der Waals surface area contributed by atoms with Crippen LogP contribution < -0.4 is 5.48 Å². The lowest BCUT2D eigenvalue weighted by Gasteiger charge is -2.32. The maximum atomic E-state index is 13.7. The highest BCUT2D eigenvalue weighted by Crippen LogP contribution is 2.27. The number of hydrogen-bond donors (Lipinski definition) is 3. The fraction of sp³-hybridized carbons (Fsp3) is 0.278. The molecular weight excluding hydrogens is 375 g/mol. The van der Waals surface area contributed by atoms with Crippen LogP contribution in [0.2, 0.25) is 0 Å². The standard InChI is InChI=1S/C18H21FN2O5S/c1-12(2)17(18(23)20-24)21(11-13-6-4-3-5-7-13)27(25,26)14-8-9-16(22)15(19)10-14/h3-10,12,17,22,24H,11H2,1-2H3,(H,20,23). The van der Waals surface area contributed by atoms with Crippen molar-refractivity contribution in [1.29, 1.82) is 0 Å². The van der Waals surface area contributed by atoms with Crippen molar-refractivity contribution >= 4 is 15.9 Å². The van der Waals surface area contributed by atoms with Gasteiger partial charge in [0.2, 0.25) is 10.0 Å². The molecule has 0 aliphatic heterocycles. The van der Waals surface area contributed by atoms with Crippen LogP contribution in [0.5, 0.6) is 5.75 Å². The van der Waals surface area contributed by atoms with Gasteiger partial charge in [-0.15, -0.1) is 0 Å². The normalized spacial score (nSPS) is 13.0. The van der Waals surface area contributed by atoms with Gasteiger partial charge in [0.15, 0.2) is 11.6 Å². The van der Waals surface area contributed by atoms with Crippen LogP contribution in [-0.2, 0) is 21.4 Å². The topological polar surface area (TPSA) is 107 Å². The lowest BCUT2D eigenvalue weighted by molar-refractivity contribution is -0.134.